The predicted molar refractivity (Wildman–Crippen MR) is 115 cm³/mol. The standard InChI is InChI=1S/C22H23N5O3/c1-4-14(3)24-19-16(21(28)23-11-15-6-5-9-30-15)10-17-20(26-19)25-18-8-7-13(2)12-27(18)22(17)29/h5-10,12,14H,4,11H2,1-3H3,(H,23,28)(H,24,26)/t14-/m0/s1. The van der Waals surface area contributed by atoms with E-state index >= 15 is 0 Å². The first-order valence-corrected chi connectivity index (χ1v) is 9.87. The van der Waals surface area contributed by atoms with Crippen molar-refractivity contribution in [2.45, 2.75) is 39.8 Å². The van der Waals surface area contributed by atoms with Gasteiger partial charge in [-0.1, -0.05) is 13.0 Å². The normalized spacial score (nSPS) is 12.2. The van der Waals surface area contributed by atoms with Gasteiger partial charge >= 0.3 is 0 Å². The van der Waals surface area contributed by atoms with E-state index < -0.39 is 0 Å². The van der Waals surface area contributed by atoms with Crippen LogP contribution in [0.15, 0.2) is 52.0 Å². The van der Waals surface area contributed by atoms with Crippen molar-refractivity contribution in [3.8, 4) is 0 Å². The third-order valence-electron chi connectivity index (χ3n) is 4.99. The summed E-state index contributed by atoms with van der Waals surface area (Å²) in [5.41, 5.74) is 1.78. The van der Waals surface area contributed by atoms with Crippen molar-refractivity contribution >= 4 is 28.4 Å². The van der Waals surface area contributed by atoms with Crippen molar-refractivity contribution in [3.05, 3.63) is 70.0 Å². The van der Waals surface area contributed by atoms with E-state index in [2.05, 4.69) is 20.6 Å². The van der Waals surface area contributed by atoms with E-state index in [0.29, 0.717) is 28.4 Å². The van der Waals surface area contributed by atoms with Crippen LogP contribution in [0.1, 0.15) is 41.9 Å². The number of amides is 1. The highest BCUT2D eigenvalue weighted by Gasteiger charge is 2.19. The highest BCUT2D eigenvalue weighted by Crippen LogP contribution is 2.20. The van der Waals surface area contributed by atoms with Crippen LogP contribution in [-0.4, -0.2) is 26.3 Å². The Balaban J connectivity index is 1.83. The molecule has 0 radical (unpaired) electrons. The summed E-state index contributed by atoms with van der Waals surface area (Å²) >= 11 is 0. The highest BCUT2D eigenvalue weighted by atomic mass is 16.3. The number of pyridine rings is 2. The van der Waals surface area contributed by atoms with Crippen molar-refractivity contribution in [1.29, 1.82) is 0 Å². The van der Waals surface area contributed by atoms with Crippen molar-refractivity contribution in [2.24, 2.45) is 0 Å². The molecule has 0 saturated carbocycles. The Morgan fingerprint density at radius 1 is 1.27 bits per heavy atom. The number of nitrogens with zero attached hydrogens (tertiary/aromatic N) is 3. The van der Waals surface area contributed by atoms with Gasteiger partial charge in [0, 0.05) is 12.2 Å². The number of carbonyl (C=O) groups excluding carboxylic acids is 1. The Labute approximate surface area is 173 Å². The van der Waals surface area contributed by atoms with E-state index in [-0.39, 0.29) is 29.4 Å². The molecule has 1 amide bonds. The lowest BCUT2D eigenvalue weighted by Gasteiger charge is -2.16. The smallest absolute Gasteiger partial charge is 0.267 e. The first-order chi connectivity index (χ1) is 14.5. The maximum absolute atomic E-state index is 13.1. The Hall–Kier alpha value is -3.68. The largest absolute Gasteiger partial charge is 0.467 e. The van der Waals surface area contributed by atoms with E-state index in [0.717, 1.165) is 12.0 Å². The van der Waals surface area contributed by atoms with Gasteiger partial charge in [0.1, 0.15) is 17.2 Å². The number of aromatic nitrogens is 3. The topological polar surface area (TPSA) is 102 Å². The van der Waals surface area contributed by atoms with Gasteiger partial charge in [-0.05, 0) is 50.1 Å². The number of furan rings is 1. The lowest BCUT2D eigenvalue weighted by atomic mass is 10.1. The Morgan fingerprint density at radius 3 is 2.83 bits per heavy atom. The van der Waals surface area contributed by atoms with E-state index in [1.807, 2.05) is 26.8 Å². The van der Waals surface area contributed by atoms with Crippen molar-refractivity contribution in [2.75, 3.05) is 5.32 Å². The van der Waals surface area contributed by atoms with Crippen LogP contribution in [0.3, 0.4) is 0 Å². The molecular weight excluding hydrogens is 382 g/mol. The van der Waals surface area contributed by atoms with Crippen LogP contribution < -0.4 is 16.2 Å². The first-order valence-electron chi connectivity index (χ1n) is 9.87. The Bertz CT molecular complexity index is 1280. The van der Waals surface area contributed by atoms with Crippen LogP contribution in [-0.2, 0) is 6.54 Å². The lowest BCUT2D eigenvalue weighted by molar-refractivity contribution is 0.0948. The SMILES string of the molecule is CC[C@H](C)Nc1nc2nc3ccc(C)cn3c(=O)c2cc1C(=O)NCc1ccco1. The predicted octanol–water partition coefficient (Wildman–Crippen LogP) is 3.28. The number of hydrogen-bond donors (Lipinski definition) is 2. The fraction of sp³-hybridized carbons (Fsp3) is 0.273. The molecule has 8 heteroatoms. The van der Waals surface area contributed by atoms with Gasteiger partial charge in [-0.2, -0.15) is 0 Å². The van der Waals surface area contributed by atoms with E-state index in [4.69, 9.17) is 4.42 Å². The fourth-order valence-corrected chi connectivity index (χ4v) is 3.13. The van der Waals surface area contributed by atoms with Gasteiger partial charge < -0.3 is 15.1 Å². The van der Waals surface area contributed by atoms with E-state index in [1.165, 1.54) is 4.40 Å². The molecule has 0 aromatic carbocycles. The molecule has 8 nitrogen and oxygen atoms in total. The summed E-state index contributed by atoms with van der Waals surface area (Å²) < 4.78 is 6.75. The van der Waals surface area contributed by atoms with E-state index in [1.54, 1.807) is 36.7 Å². The molecule has 4 aromatic rings. The number of hydrogen-bond acceptors (Lipinski definition) is 6. The molecule has 0 fully saturated rings. The molecule has 0 bridgehead atoms. The average Bonchev–Trinajstić information content (AvgIpc) is 3.26. The van der Waals surface area contributed by atoms with Crippen LogP contribution in [0.25, 0.3) is 16.7 Å². The molecule has 0 unspecified atom stereocenters. The average molecular weight is 405 g/mol. The zero-order valence-electron chi connectivity index (χ0n) is 17.1. The molecule has 30 heavy (non-hydrogen) atoms. The van der Waals surface area contributed by atoms with Crippen LogP contribution in [0, 0.1) is 6.92 Å². The molecule has 2 N–H and O–H groups in total. The number of carbonyl (C=O) groups is 1. The van der Waals surface area contributed by atoms with Crippen molar-refractivity contribution in [1.82, 2.24) is 19.7 Å². The Kier molecular flexibility index (Phi) is 5.22. The summed E-state index contributed by atoms with van der Waals surface area (Å²) in [5, 5.41) is 6.37. The molecule has 1 atom stereocenters. The highest BCUT2D eigenvalue weighted by molar-refractivity contribution is 6.01. The quantitative estimate of drug-likeness (QED) is 0.478. The van der Waals surface area contributed by atoms with Gasteiger partial charge in [0.05, 0.1) is 23.8 Å². The van der Waals surface area contributed by atoms with Crippen molar-refractivity contribution in [3.63, 3.8) is 0 Å². The number of anilines is 1. The van der Waals surface area contributed by atoms with Gasteiger partial charge in [-0.25, -0.2) is 9.97 Å². The maximum atomic E-state index is 13.1. The monoisotopic (exact) mass is 405 g/mol. The van der Waals surface area contributed by atoms with Crippen LogP contribution in [0.4, 0.5) is 5.82 Å². The molecule has 0 saturated heterocycles. The summed E-state index contributed by atoms with van der Waals surface area (Å²) in [6, 6.07) is 8.87. The number of rotatable bonds is 6. The molecule has 4 heterocycles. The van der Waals surface area contributed by atoms with Crippen molar-refractivity contribution < 1.29 is 9.21 Å². The molecule has 0 aliphatic rings. The number of nitrogens with one attached hydrogen (secondary N) is 2. The van der Waals surface area contributed by atoms with Gasteiger partial charge in [-0.15, -0.1) is 0 Å². The van der Waals surface area contributed by atoms with Gasteiger partial charge in [-0.3, -0.25) is 14.0 Å². The third-order valence-corrected chi connectivity index (χ3v) is 4.99. The minimum Gasteiger partial charge on any atom is -0.467 e. The fourth-order valence-electron chi connectivity index (χ4n) is 3.13. The molecule has 4 aromatic heterocycles. The first kappa shape index (κ1) is 19.6. The molecule has 0 aliphatic carbocycles. The van der Waals surface area contributed by atoms with Crippen LogP contribution in [0.5, 0.6) is 0 Å². The lowest BCUT2D eigenvalue weighted by Crippen LogP contribution is -2.27. The summed E-state index contributed by atoms with van der Waals surface area (Å²) in [5.74, 6) is 0.689. The van der Waals surface area contributed by atoms with Gasteiger partial charge in [0.25, 0.3) is 11.5 Å². The maximum Gasteiger partial charge on any atom is 0.267 e. The van der Waals surface area contributed by atoms with Gasteiger partial charge in [0.15, 0.2) is 5.65 Å². The molecule has 154 valence electrons. The summed E-state index contributed by atoms with van der Waals surface area (Å²) in [6.07, 6.45) is 4.13. The second kappa shape index (κ2) is 7.98. The van der Waals surface area contributed by atoms with Crippen LogP contribution in [0.2, 0.25) is 0 Å². The molecule has 0 aliphatic heterocycles. The third kappa shape index (κ3) is 3.76. The minimum absolute atomic E-state index is 0.0933. The summed E-state index contributed by atoms with van der Waals surface area (Å²) in [6.45, 7) is 6.18. The zero-order chi connectivity index (χ0) is 21.3. The second-order valence-electron chi connectivity index (χ2n) is 7.32. The van der Waals surface area contributed by atoms with Gasteiger partial charge in [0.2, 0.25) is 0 Å². The molecule has 4 rings (SSSR count). The summed E-state index contributed by atoms with van der Waals surface area (Å²) in [4.78, 5) is 35.1. The molecular formula is C22H23N5O3. The van der Waals surface area contributed by atoms with E-state index in [9.17, 15) is 9.59 Å². The minimum atomic E-state index is -0.347. The number of aryl methyl sites for hydroxylation is 1. The second-order valence-corrected chi connectivity index (χ2v) is 7.32. The Morgan fingerprint density at radius 2 is 2.10 bits per heavy atom. The zero-order valence-corrected chi connectivity index (χ0v) is 17.1. The number of fused-ring (bicyclic) bond motifs is 2. The molecule has 0 spiro atoms. The van der Waals surface area contributed by atoms with Crippen LogP contribution >= 0.6 is 0 Å². The summed E-state index contributed by atoms with van der Waals surface area (Å²) in [7, 11) is 0.